The lowest BCUT2D eigenvalue weighted by atomic mass is 9.54. The fraction of sp³-hybridized carbons (Fsp3) is 0.521. The van der Waals surface area contributed by atoms with Gasteiger partial charge in [-0.25, -0.2) is 4.79 Å². The number of nitrogens with two attached hydrogens (primary N) is 1. The number of halogens is 1. The van der Waals surface area contributed by atoms with Crippen LogP contribution in [0.4, 0.5) is 10.5 Å². The first-order chi connectivity index (χ1) is 64.4. The molecule has 7 heterocycles. The summed E-state index contributed by atoms with van der Waals surface area (Å²) in [5.41, 5.74) is 4.57. The average Bonchev–Trinajstić information content (AvgIpc) is 0.758. The number of likely N-dealkylation sites (N-methyl/N-ethyl adjacent to an activating group) is 4. The molecule has 0 unspecified atom stereocenters. The Hall–Kier alpha value is -11.3. The lowest BCUT2D eigenvalue weighted by molar-refractivity contribution is -0.333. The van der Waals surface area contributed by atoms with Crippen LogP contribution in [0.25, 0.3) is 11.1 Å². The van der Waals surface area contributed by atoms with Gasteiger partial charge in [0, 0.05) is 55.3 Å². The predicted octanol–water partition coefficient (Wildman–Crippen LogP) is 2.88. The number of ether oxygens (including phenoxy) is 9. The highest BCUT2D eigenvalue weighted by atomic mass is 35.5. The molecule has 7 aliphatic heterocycles. The van der Waals surface area contributed by atoms with Gasteiger partial charge in [-0.3, -0.25) is 43.7 Å². The molecule has 135 heavy (non-hydrogen) atoms. The van der Waals surface area contributed by atoms with Crippen LogP contribution in [0.5, 0.6) is 57.5 Å². The topological polar surface area (TPSA) is 581 Å². The van der Waals surface area contributed by atoms with E-state index in [1.54, 1.807) is 28.1 Å². The maximum Gasteiger partial charge on any atom is 0.325 e. The van der Waals surface area contributed by atoms with E-state index in [1.807, 2.05) is 13.8 Å². The molecule has 11 aliphatic rings. The maximum absolute atomic E-state index is 16.9. The molecule has 0 aromatic heterocycles. The Morgan fingerprint density at radius 3 is 1.85 bits per heavy atom. The van der Waals surface area contributed by atoms with Crippen LogP contribution >= 0.6 is 11.6 Å². The fourth-order valence-electron chi connectivity index (χ4n) is 19.4. The van der Waals surface area contributed by atoms with E-state index < -0.39 is 204 Å². The minimum absolute atomic E-state index is 0.0123. The van der Waals surface area contributed by atoms with E-state index in [1.165, 1.54) is 107 Å². The number of nitrogens with one attached hydrogen (secondary N) is 13. The Labute approximate surface area is 783 Å². The molecular formula is C94H121ClN14O26. The van der Waals surface area contributed by atoms with Gasteiger partial charge in [-0.2, -0.15) is 0 Å². The van der Waals surface area contributed by atoms with E-state index in [4.69, 9.17) is 60.0 Å². The molecule has 2 saturated heterocycles. The molecule has 10 amide bonds. The van der Waals surface area contributed by atoms with Crippen molar-refractivity contribution < 1.29 is 127 Å². The number of aliphatic hydroxyl groups excluding tert-OH is 6. The monoisotopic (exact) mass is 1900 g/mol. The minimum Gasteiger partial charge on any atom is -0.508 e. The SMILES string of the molecule is CNCCOc1cc(NC(=O)NC(=O)C[C@@H]2NC(=O)[C@H](NC(=O)[C@@H](CC(C)C)NC)[C@H](O)c3ccc(c(C)c3)Oc3cc4cc(c3O[C@@H]3O[C@H](CO)[C@@H](O)[C@H](O)[C@H]3O[C@H]3C[C@](C)(N)[C@H](O)[C@H](C)O3)Oc3ccc(cc3Cl)[C@@H](O)[C@@H]3NC(=O)[C@H](NC(=O)[C@@H]4NC2=O)c2ccc(O)c(c2)-c2c(C)cc(O)cc2[C@@H](C(=O)NC2C4CC5CC(C4)CC2C5)NC3=O)cc(OCCNC)c1OCCNC. The van der Waals surface area contributed by atoms with Crippen molar-refractivity contribution in [2.45, 2.75) is 208 Å². The van der Waals surface area contributed by atoms with Gasteiger partial charge in [0.25, 0.3) is 0 Å². The molecule has 6 fully saturated rings. The van der Waals surface area contributed by atoms with Crippen LogP contribution in [0, 0.1) is 43.4 Å². The third-order valence-electron chi connectivity index (χ3n) is 26.1. The lowest BCUT2D eigenvalue weighted by Crippen LogP contribution is -2.64. The summed E-state index contributed by atoms with van der Waals surface area (Å²) in [7, 11) is 6.64. The highest BCUT2D eigenvalue weighted by molar-refractivity contribution is 6.32. The molecule has 18 atom stereocenters. The standard InChI is InChI=1S/C94H121ClN14O26/c1-41(2)23-58(100-10)85(119)108-75-77(114)48-12-15-61(42(3)24-48)131-65-33-52-34-66(82(65)135-92-83(80(117)79(116)67(40-110)133-92)134-69-39-94(6,96)84(118)44(5)130-69)132-62-16-13-49(32-57(62)95)78(115)76-91(125)107-74(89(123)104-71-50-27-45-26-46(29-50)30-51(71)28-45)56-37-54(111)25-43(4)70(56)55-31-47(11-14-60(55)112)72(87(121)109-76)106-88(122)73(52)105-86(120)59(102-90(75)124)38-68(113)103-93(126)101-53-35-63(127-20-17-97-7)81(129-22-19-99-9)64(36-53)128-21-18-98-8/h11-16,24-25,31-37,41,44-46,50-51,58-59,67,69,71-80,83-84,92,97-100,110-112,114-118H,17-23,26-30,38-40,96H2,1-10H3,(H,102,124)(H,104,123)(H,105,120)(H,106,122)(H,107,125)(H,108,119)(H,109,121)(H2,101,103,113,126)/t44-,45?,46?,50?,51?,58+,59-,67+,69-,71?,72+,73+,74-,75+,76-,77+,78+,79+,80-,83+,84+,92-,94-/m0/s1. The first-order valence-electron chi connectivity index (χ1n) is 45.4. The molecule has 41 heteroatoms. The van der Waals surface area contributed by atoms with Crippen molar-refractivity contribution in [3.8, 4) is 68.6 Å². The van der Waals surface area contributed by atoms with Crippen LogP contribution in [0.2, 0.25) is 5.02 Å². The van der Waals surface area contributed by atoms with Crippen molar-refractivity contribution >= 4 is 70.6 Å². The zero-order valence-electron chi connectivity index (χ0n) is 76.4. The number of amides is 10. The summed E-state index contributed by atoms with van der Waals surface area (Å²) in [6.07, 6.45) is -14.2. The van der Waals surface area contributed by atoms with Gasteiger partial charge in [0.15, 0.2) is 35.4 Å². The molecule has 6 aromatic rings. The molecule has 730 valence electrons. The largest absolute Gasteiger partial charge is 0.508 e. The summed E-state index contributed by atoms with van der Waals surface area (Å²) in [6.45, 7) is 10.3. The van der Waals surface area contributed by atoms with Gasteiger partial charge in [-0.1, -0.05) is 43.6 Å². The van der Waals surface area contributed by atoms with Crippen molar-refractivity contribution in [1.29, 1.82) is 0 Å². The second-order valence-corrected chi connectivity index (χ2v) is 37.1. The van der Waals surface area contributed by atoms with E-state index in [-0.39, 0.29) is 146 Å². The van der Waals surface area contributed by atoms with Crippen molar-refractivity contribution in [3.63, 3.8) is 0 Å². The molecule has 15 bridgehead atoms. The third-order valence-corrected chi connectivity index (χ3v) is 26.4. The highest BCUT2D eigenvalue weighted by Gasteiger charge is 2.54. The third kappa shape index (κ3) is 22.5. The summed E-state index contributed by atoms with van der Waals surface area (Å²) in [5.74, 6) is -11.2. The molecular weight excluding hydrogens is 1780 g/mol. The van der Waals surface area contributed by atoms with Gasteiger partial charge in [0.05, 0.1) is 42.0 Å². The summed E-state index contributed by atoms with van der Waals surface area (Å²) in [5, 5.41) is 131. The molecule has 4 saturated carbocycles. The van der Waals surface area contributed by atoms with Gasteiger partial charge >= 0.3 is 6.03 Å². The van der Waals surface area contributed by atoms with Gasteiger partial charge < -0.3 is 153 Å². The number of aliphatic hydroxyl groups is 6. The Kier molecular flexibility index (Phi) is 31.7. The summed E-state index contributed by atoms with van der Waals surface area (Å²) in [6, 6.07) is 3.48. The van der Waals surface area contributed by atoms with Crippen LogP contribution < -0.4 is 103 Å². The lowest BCUT2D eigenvalue weighted by Gasteiger charge is -2.54. The van der Waals surface area contributed by atoms with Crippen molar-refractivity contribution in [3.05, 3.63) is 135 Å². The molecule has 40 nitrogen and oxygen atoms in total. The van der Waals surface area contributed by atoms with Crippen LogP contribution in [0.1, 0.15) is 148 Å². The van der Waals surface area contributed by atoms with Crippen LogP contribution in [-0.2, 0) is 52.6 Å². The van der Waals surface area contributed by atoms with E-state index in [0.717, 1.165) is 44.2 Å². The zero-order valence-corrected chi connectivity index (χ0v) is 77.2. The first-order valence-corrected chi connectivity index (χ1v) is 45.8. The Balaban J connectivity index is 0.952. The summed E-state index contributed by atoms with van der Waals surface area (Å²) in [4.78, 5) is 141. The molecule has 4 aliphatic carbocycles. The van der Waals surface area contributed by atoms with Crippen molar-refractivity contribution in [1.82, 2.24) is 63.8 Å². The Bertz CT molecular complexity index is 5340. The highest BCUT2D eigenvalue weighted by Crippen LogP contribution is 2.55. The van der Waals surface area contributed by atoms with Gasteiger partial charge in [-0.05, 0) is 229 Å². The number of fused-ring (bicyclic) bond motifs is 15. The predicted molar refractivity (Wildman–Crippen MR) is 486 cm³/mol. The van der Waals surface area contributed by atoms with E-state index in [2.05, 4.69) is 69.1 Å². The number of benzene rings is 6. The molecule has 0 radical (unpaired) electrons. The Morgan fingerprint density at radius 2 is 1.24 bits per heavy atom. The van der Waals surface area contributed by atoms with Crippen molar-refractivity contribution in [2.24, 2.45) is 35.3 Å². The van der Waals surface area contributed by atoms with E-state index >= 15 is 33.6 Å². The quantitative estimate of drug-likeness (QED) is 0.0330. The number of aryl methyl sites for hydroxylation is 2. The Morgan fingerprint density at radius 1 is 0.630 bits per heavy atom. The number of carbonyl (C=O) groups excluding carboxylic acids is 9. The van der Waals surface area contributed by atoms with Crippen LogP contribution in [-0.4, -0.2) is 253 Å². The first kappa shape index (κ1) is 99.6. The second kappa shape index (κ2) is 42.9. The number of urea groups is 1. The average molecular weight is 1900 g/mol. The van der Waals surface area contributed by atoms with E-state index in [9.17, 15) is 50.4 Å². The molecule has 17 rings (SSSR count). The number of imide groups is 1. The fourth-order valence-corrected chi connectivity index (χ4v) is 19.7. The number of hydrogen-bond donors (Lipinski definition) is 22. The van der Waals surface area contributed by atoms with E-state index in [0.29, 0.717) is 31.5 Å². The molecule has 23 N–H and O–H groups in total. The minimum atomic E-state index is -2.39. The number of carbonyl (C=O) groups is 9. The normalized spacial score (nSPS) is 28.9. The zero-order chi connectivity index (χ0) is 96.9. The second-order valence-electron chi connectivity index (χ2n) is 36.7. The number of aromatic hydroxyl groups is 2. The van der Waals surface area contributed by atoms with Gasteiger partial charge in [0.1, 0.15) is 110 Å². The smallest absolute Gasteiger partial charge is 0.325 e. The van der Waals surface area contributed by atoms with Crippen LogP contribution in [0.3, 0.4) is 0 Å². The number of phenolic OH excluding ortho intramolecular Hbond substituents is 2. The summed E-state index contributed by atoms with van der Waals surface area (Å²) >= 11 is 7.37. The van der Waals surface area contributed by atoms with Gasteiger partial charge in [0.2, 0.25) is 65.0 Å². The van der Waals surface area contributed by atoms with Crippen LogP contribution in [0.15, 0.2) is 91.0 Å². The molecule has 6 aromatic carbocycles. The number of rotatable bonds is 27. The number of phenols is 2. The van der Waals surface area contributed by atoms with Crippen molar-refractivity contribution in [2.75, 3.05) is 79.6 Å². The van der Waals surface area contributed by atoms with Gasteiger partial charge in [-0.15, -0.1) is 0 Å². The number of hydrogen-bond acceptors (Lipinski definition) is 31. The summed E-state index contributed by atoms with van der Waals surface area (Å²) < 4.78 is 58.0. The maximum atomic E-state index is 16.9. The number of anilines is 1. The molecule has 0 spiro atoms.